The SMILES string of the molecule is CSc1nc(CCCc2ccccc2)cc(=O)[nH]1. The number of aromatic nitrogens is 2. The predicted molar refractivity (Wildman–Crippen MR) is 75.1 cm³/mol. The monoisotopic (exact) mass is 260 g/mol. The first-order chi connectivity index (χ1) is 8.78. The molecule has 4 heteroatoms. The van der Waals surface area contributed by atoms with E-state index < -0.39 is 0 Å². The maximum atomic E-state index is 11.4. The van der Waals surface area contributed by atoms with Gasteiger partial charge in [0, 0.05) is 11.8 Å². The van der Waals surface area contributed by atoms with Crippen molar-refractivity contribution >= 4 is 11.8 Å². The van der Waals surface area contributed by atoms with Crippen LogP contribution in [0.15, 0.2) is 46.3 Å². The van der Waals surface area contributed by atoms with E-state index in [-0.39, 0.29) is 5.56 Å². The lowest BCUT2D eigenvalue weighted by atomic mass is 10.1. The van der Waals surface area contributed by atoms with Gasteiger partial charge in [0.25, 0.3) is 5.56 Å². The Hall–Kier alpha value is -1.55. The molecule has 18 heavy (non-hydrogen) atoms. The Morgan fingerprint density at radius 3 is 2.72 bits per heavy atom. The zero-order chi connectivity index (χ0) is 12.8. The van der Waals surface area contributed by atoms with Crippen LogP contribution in [0.2, 0.25) is 0 Å². The Kier molecular flexibility index (Phi) is 4.59. The lowest BCUT2D eigenvalue weighted by Gasteiger charge is -2.03. The normalized spacial score (nSPS) is 10.5. The summed E-state index contributed by atoms with van der Waals surface area (Å²) in [7, 11) is 0. The predicted octanol–water partition coefficient (Wildman–Crippen LogP) is 2.67. The highest BCUT2D eigenvalue weighted by Gasteiger charge is 2.01. The van der Waals surface area contributed by atoms with E-state index in [1.807, 2.05) is 24.5 Å². The van der Waals surface area contributed by atoms with Gasteiger partial charge in [0.1, 0.15) is 0 Å². The van der Waals surface area contributed by atoms with Gasteiger partial charge in [-0.3, -0.25) is 4.79 Å². The van der Waals surface area contributed by atoms with Gasteiger partial charge in [-0.2, -0.15) is 0 Å². The topological polar surface area (TPSA) is 45.8 Å². The molecule has 0 aliphatic rings. The highest BCUT2D eigenvalue weighted by atomic mass is 32.2. The Labute approximate surface area is 111 Å². The summed E-state index contributed by atoms with van der Waals surface area (Å²) in [6.07, 6.45) is 4.77. The number of nitrogens with zero attached hydrogens (tertiary/aromatic N) is 1. The zero-order valence-electron chi connectivity index (χ0n) is 10.3. The first-order valence-corrected chi connectivity index (χ1v) is 7.18. The van der Waals surface area contributed by atoms with Crippen molar-refractivity contribution in [3.05, 3.63) is 58.0 Å². The standard InChI is InChI=1S/C14H16N2OS/c1-18-14-15-12(10-13(17)16-14)9-5-8-11-6-3-2-4-7-11/h2-4,6-7,10H,5,8-9H2,1H3,(H,15,16,17). The Balaban J connectivity index is 1.94. The summed E-state index contributed by atoms with van der Waals surface area (Å²) in [6, 6.07) is 12.0. The van der Waals surface area contributed by atoms with Crippen LogP contribution in [0.5, 0.6) is 0 Å². The van der Waals surface area contributed by atoms with Crippen molar-refractivity contribution < 1.29 is 0 Å². The zero-order valence-corrected chi connectivity index (χ0v) is 11.2. The molecule has 0 aliphatic heterocycles. The maximum Gasteiger partial charge on any atom is 0.251 e. The maximum absolute atomic E-state index is 11.4. The highest BCUT2D eigenvalue weighted by molar-refractivity contribution is 7.98. The van der Waals surface area contributed by atoms with Crippen molar-refractivity contribution in [1.29, 1.82) is 0 Å². The number of H-pyrrole nitrogens is 1. The van der Waals surface area contributed by atoms with Gasteiger partial charge in [0.05, 0.1) is 0 Å². The van der Waals surface area contributed by atoms with Gasteiger partial charge in [-0.1, -0.05) is 42.1 Å². The quantitative estimate of drug-likeness (QED) is 0.664. The molecule has 0 amide bonds. The number of thioether (sulfide) groups is 1. The number of rotatable bonds is 5. The smallest absolute Gasteiger partial charge is 0.251 e. The summed E-state index contributed by atoms with van der Waals surface area (Å²) in [5, 5.41) is 0.692. The van der Waals surface area contributed by atoms with Crippen LogP contribution < -0.4 is 5.56 Å². The van der Waals surface area contributed by atoms with Crippen LogP contribution in [-0.2, 0) is 12.8 Å². The molecule has 0 unspecified atom stereocenters. The number of hydrogen-bond donors (Lipinski definition) is 1. The molecule has 0 saturated heterocycles. The van der Waals surface area contributed by atoms with Gasteiger partial charge in [-0.25, -0.2) is 4.98 Å². The summed E-state index contributed by atoms with van der Waals surface area (Å²) in [4.78, 5) is 18.5. The summed E-state index contributed by atoms with van der Waals surface area (Å²) in [5.41, 5.74) is 2.13. The van der Waals surface area contributed by atoms with Crippen LogP contribution in [-0.4, -0.2) is 16.2 Å². The summed E-state index contributed by atoms with van der Waals surface area (Å²) in [6.45, 7) is 0. The number of nitrogens with one attached hydrogen (secondary N) is 1. The molecule has 0 spiro atoms. The molecule has 0 fully saturated rings. The first-order valence-electron chi connectivity index (χ1n) is 5.96. The van der Waals surface area contributed by atoms with Gasteiger partial charge in [-0.15, -0.1) is 0 Å². The van der Waals surface area contributed by atoms with E-state index in [2.05, 4.69) is 22.1 Å². The van der Waals surface area contributed by atoms with Crippen molar-refractivity contribution in [2.75, 3.05) is 6.26 Å². The van der Waals surface area contributed by atoms with E-state index in [1.165, 1.54) is 17.3 Å². The average molecular weight is 260 g/mol. The third-order valence-electron chi connectivity index (χ3n) is 2.71. The second-order valence-electron chi connectivity index (χ2n) is 4.09. The fraction of sp³-hybridized carbons (Fsp3) is 0.286. The van der Waals surface area contributed by atoms with Crippen LogP contribution in [0.3, 0.4) is 0 Å². The minimum absolute atomic E-state index is 0.0657. The molecule has 94 valence electrons. The molecule has 0 saturated carbocycles. The fourth-order valence-electron chi connectivity index (χ4n) is 1.83. The lowest BCUT2D eigenvalue weighted by molar-refractivity contribution is 0.768. The van der Waals surface area contributed by atoms with Crippen molar-refractivity contribution in [2.24, 2.45) is 0 Å². The number of benzene rings is 1. The molecule has 0 bridgehead atoms. The molecule has 1 aromatic carbocycles. The molecule has 1 heterocycles. The molecular formula is C14H16N2OS. The lowest BCUT2D eigenvalue weighted by Crippen LogP contribution is -2.10. The van der Waals surface area contributed by atoms with Crippen molar-refractivity contribution in [3.63, 3.8) is 0 Å². The minimum atomic E-state index is -0.0657. The molecule has 2 aromatic rings. The molecule has 0 atom stereocenters. The van der Waals surface area contributed by atoms with Crippen LogP contribution >= 0.6 is 11.8 Å². The van der Waals surface area contributed by atoms with Gasteiger partial charge in [0.2, 0.25) is 0 Å². The number of aromatic amines is 1. The summed E-state index contributed by atoms with van der Waals surface area (Å²) < 4.78 is 0. The van der Waals surface area contributed by atoms with E-state index in [9.17, 15) is 4.79 Å². The molecule has 3 nitrogen and oxygen atoms in total. The molecule has 0 aliphatic carbocycles. The van der Waals surface area contributed by atoms with Crippen molar-refractivity contribution in [1.82, 2.24) is 9.97 Å². The van der Waals surface area contributed by atoms with E-state index in [0.717, 1.165) is 25.0 Å². The van der Waals surface area contributed by atoms with E-state index in [1.54, 1.807) is 6.07 Å². The summed E-state index contributed by atoms with van der Waals surface area (Å²) in [5.74, 6) is 0. The van der Waals surface area contributed by atoms with Gasteiger partial charge >= 0.3 is 0 Å². The summed E-state index contributed by atoms with van der Waals surface area (Å²) >= 11 is 1.46. The minimum Gasteiger partial charge on any atom is -0.301 e. The average Bonchev–Trinajstić information content (AvgIpc) is 2.39. The Morgan fingerprint density at radius 1 is 1.22 bits per heavy atom. The Morgan fingerprint density at radius 2 is 2.00 bits per heavy atom. The number of hydrogen-bond acceptors (Lipinski definition) is 3. The fourth-order valence-corrected chi connectivity index (χ4v) is 2.24. The molecule has 2 rings (SSSR count). The largest absolute Gasteiger partial charge is 0.301 e. The van der Waals surface area contributed by atoms with Crippen LogP contribution in [0.25, 0.3) is 0 Å². The van der Waals surface area contributed by atoms with Gasteiger partial charge in [-0.05, 0) is 31.1 Å². The Bertz CT molecular complexity index is 551. The molecule has 1 aromatic heterocycles. The molecular weight excluding hydrogens is 244 g/mol. The number of aryl methyl sites for hydroxylation is 2. The molecule has 1 N–H and O–H groups in total. The van der Waals surface area contributed by atoms with Crippen molar-refractivity contribution in [3.8, 4) is 0 Å². The second kappa shape index (κ2) is 6.40. The third-order valence-corrected chi connectivity index (χ3v) is 3.29. The first kappa shape index (κ1) is 12.9. The van der Waals surface area contributed by atoms with Crippen LogP contribution in [0, 0.1) is 0 Å². The van der Waals surface area contributed by atoms with E-state index >= 15 is 0 Å². The van der Waals surface area contributed by atoms with Crippen LogP contribution in [0.4, 0.5) is 0 Å². The highest BCUT2D eigenvalue weighted by Crippen LogP contribution is 2.09. The molecule has 0 radical (unpaired) electrons. The van der Waals surface area contributed by atoms with Crippen molar-refractivity contribution in [2.45, 2.75) is 24.4 Å². The third kappa shape index (κ3) is 3.74. The van der Waals surface area contributed by atoms with Gasteiger partial charge < -0.3 is 4.98 Å². The van der Waals surface area contributed by atoms with Gasteiger partial charge in [0.15, 0.2) is 5.16 Å². The van der Waals surface area contributed by atoms with E-state index in [0.29, 0.717) is 5.16 Å². The van der Waals surface area contributed by atoms with Crippen LogP contribution in [0.1, 0.15) is 17.7 Å². The second-order valence-corrected chi connectivity index (χ2v) is 4.88. The van der Waals surface area contributed by atoms with E-state index in [4.69, 9.17) is 0 Å².